The topological polar surface area (TPSA) is 51.0 Å². The summed E-state index contributed by atoms with van der Waals surface area (Å²) in [4.78, 5) is 14.1. The first-order valence-electron chi connectivity index (χ1n) is 9.30. The molecule has 27 heavy (non-hydrogen) atoms. The van der Waals surface area contributed by atoms with Gasteiger partial charge in [0.2, 0.25) is 5.91 Å². The summed E-state index contributed by atoms with van der Waals surface area (Å²) < 4.78 is 1.87. The van der Waals surface area contributed by atoms with E-state index in [4.69, 9.17) is 0 Å². The number of benzene rings is 1. The molecule has 1 amide bonds. The predicted octanol–water partition coefficient (Wildman–Crippen LogP) is 5.00. The van der Waals surface area contributed by atoms with Gasteiger partial charge in [-0.3, -0.25) is 4.79 Å². The lowest BCUT2D eigenvalue weighted by atomic mass is 9.95. The van der Waals surface area contributed by atoms with E-state index in [9.17, 15) is 4.79 Å². The molecule has 2 heterocycles. The van der Waals surface area contributed by atoms with Crippen LogP contribution in [0.4, 0.5) is 0 Å². The third-order valence-electron chi connectivity index (χ3n) is 4.38. The van der Waals surface area contributed by atoms with Crippen LogP contribution in [0.25, 0.3) is 16.8 Å². The van der Waals surface area contributed by atoms with Gasteiger partial charge in [-0.15, -0.1) is 5.10 Å². The molecule has 1 aromatic carbocycles. The third kappa shape index (κ3) is 3.63. The van der Waals surface area contributed by atoms with E-state index in [1.807, 2.05) is 42.8 Å². The molecular weight excluding hydrogens is 336 g/mol. The number of amides is 1. The van der Waals surface area contributed by atoms with Crippen molar-refractivity contribution in [3.05, 3.63) is 66.5 Å². The molecule has 2 aromatic rings. The molecule has 0 N–H and O–H groups in total. The molecule has 0 saturated heterocycles. The van der Waals surface area contributed by atoms with Crippen LogP contribution in [0.3, 0.4) is 0 Å². The molecule has 0 saturated carbocycles. The second-order valence-electron chi connectivity index (χ2n) is 6.29. The number of nitrogens with zero attached hydrogens (tertiary/aromatic N) is 4. The van der Waals surface area contributed by atoms with Gasteiger partial charge >= 0.3 is 0 Å². The zero-order valence-electron chi connectivity index (χ0n) is 16.9. The van der Waals surface area contributed by atoms with Gasteiger partial charge in [-0.1, -0.05) is 62.6 Å². The molecule has 1 aliphatic rings. The van der Waals surface area contributed by atoms with Crippen molar-refractivity contribution in [2.45, 2.75) is 47.2 Å². The van der Waals surface area contributed by atoms with Crippen LogP contribution < -0.4 is 0 Å². The molecule has 5 heteroatoms. The van der Waals surface area contributed by atoms with Crippen molar-refractivity contribution < 1.29 is 4.79 Å². The van der Waals surface area contributed by atoms with E-state index in [1.54, 1.807) is 24.0 Å². The van der Waals surface area contributed by atoms with E-state index >= 15 is 0 Å². The second-order valence-corrected chi connectivity index (χ2v) is 6.29. The van der Waals surface area contributed by atoms with Gasteiger partial charge in [0.05, 0.1) is 17.9 Å². The third-order valence-corrected chi connectivity index (χ3v) is 4.38. The first kappa shape index (κ1) is 20.4. The maximum atomic E-state index is 12.3. The molecule has 1 aliphatic heterocycles. The van der Waals surface area contributed by atoms with Gasteiger partial charge in [0.15, 0.2) is 0 Å². The van der Waals surface area contributed by atoms with Crippen LogP contribution in [-0.4, -0.2) is 25.8 Å². The molecule has 5 nitrogen and oxygen atoms in total. The minimum Gasteiger partial charge on any atom is -0.308 e. The van der Waals surface area contributed by atoms with E-state index < -0.39 is 0 Å². The van der Waals surface area contributed by atoms with E-state index in [-0.39, 0.29) is 11.9 Å². The Morgan fingerprint density at radius 3 is 2.41 bits per heavy atom. The fraction of sp³-hybridized carbons (Fsp3) is 0.318. The minimum absolute atomic E-state index is 0.0453. The maximum Gasteiger partial charge on any atom is 0.224 e. The highest BCUT2D eigenvalue weighted by Crippen LogP contribution is 2.37. The summed E-state index contributed by atoms with van der Waals surface area (Å²) in [5.41, 5.74) is 5.21. The number of allylic oxidation sites excluding steroid dienone is 3. The molecule has 0 fully saturated rings. The SMILES string of the molecule is C=C/C1=C(\C=C)N(C(C)=O)Cc2ccccc2-c2nnn(C(C)C)c21.CC. The Morgan fingerprint density at radius 2 is 1.85 bits per heavy atom. The molecular formula is C22H28N4O. The highest BCUT2D eigenvalue weighted by molar-refractivity contribution is 5.89. The van der Waals surface area contributed by atoms with Gasteiger partial charge in [0, 0.05) is 24.1 Å². The first-order chi connectivity index (χ1) is 13.0. The Hall–Kier alpha value is -2.95. The normalized spacial score (nSPS) is 15.7. The Balaban J connectivity index is 0.00000126. The molecule has 0 aliphatic carbocycles. The average molecular weight is 364 g/mol. The summed E-state index contributed by atoms with van der Waals surface area (Å²) in [5.74, 6) is -0.0453. The van der Waals surface area contributed by atoms with Crippen molar-refractivity contribution in [1.29, 1.82) is 0 Å². The monoisotopic (exact) mass is 364 g/mol. The second kappa shape index (κ2) is 8.62. The van der Waals surface area contributed by atoms with Crippen molar-refractivity contribution in [2.24, 2.45) is 0 Å². The zero-order valence-corrected chi connectivity index (χ0v) is 16.9. The number of carbonyl (C=O) groups is 1. The van der Waals surface area contributed by atoms with Crippen molar-refractivity contribution in [3.63, 3.8) is 0 Å². The molecule has 142 valence electrons. The fourth-order valence-electron chi connectivity index (χ4n) is 3.20. The number of hydrogen-bond acceptors (Lipinski definition) is 3. The van der Waals surface area contributed by atoms with Crippen molar-refractivity contribution in [3.8, 4) is 11.3 Å². The summed E-state index contributed by atoms with van der Waals surface area (Å²) in [6.45, 7) is 18.0. The van der Waals surface area contributed by atoms with Crippen molar-refractivity contribution in [1.82, 2.24) is 19.9 Å². The molecule has 0 unspecified atom stereocenters. The van der Waals surface area contributed by atoms with Crippen LogP contribution in [0, 0.1) is 0 Å². The number of rotatable bonds is 3. The van der Waals surface area contributed by atoms with E-state index in [1.165, 1.54) is 0 Å². The highest BCUT2D eigenvalue weighted by Gasteiger charge is 2.28. The van der Waals surface area contributed by atoms with Crippen LogP contribution in [0.2, 0.25) is 0 Å². The molecule has 0 atom stereocenters. The van der Waals surface area contributed by atoms with Gasteiger partial charge in [-0.05, 0) is 25.5 Å². The van der Waals surface area contributed by atoms with Gasteiger partial charge in [-0.25, -0.2) is 4.68 Å². The predicted molar refractivity (Wildman–Crippen MR) is 111 cm³/mol. The summed E-state index contributed by atoms with van der Waals surface area (Å²) in [6.07, 6.45) is 3.45. The van der Waals surface area contributed by atoms with Crippen LogP contribution >= 0.6 is 0 Å². The molecule has 0 radical (unpaired) electrons. The smallest absolute Gasteiger partial charge is 0.224 e. The lowest BCUT2D eigenvalue weighted by Crippen LogP contribution is -2.29. The Bertz CT molecular complexity index is 889. The largest absolute Gasteiger partial charge is 0.308 e. The summed E-state index contributed by atoms with van der Waals surface area (Å²) >= 11 is 0. The standard InChI is InChI=1S/C20H22N4O.C2H6/c1-6-16-18(7-2)23(14(5)25)12-15-10-8-9-11-17(15)19-20(16)24(13(3)4)22-21-19;1-2/h6-11,13H,1-2,12H2,3-5H3;1-2H3/b18-16-;. The fourth-order valence-corrected chi connectivity index (χ4v) is 3.20. The lowest BCUT2D eigenvalue weighted by Gasteiger charge is -2.28. The first-order valence-corrected chi connectivity index (χ1v) is 9.30. The Morgan fingerprint density at radius 1 is 1.19 bits per heavy atom. The lowest BCUT2D eigenvalue weighted by molar-refractivity contribution is -0.127. The van der Waals surface area contributed by atoms with E-state index in [2.05, 4.69) is 37.3 Å². The quantitative estimate of drug-likeness (QED) is 0.770. The minimum atomic E-state index is -0.0453. The highest BCUT2D eigenvalue weighted by atomic mass is 16.2. The number of hydrogen-bond donors (Lipinski definition) is 0. The summed E-state index contributed by atoms with van der Waals surface area (Å²) in [5, 5.41) is 8.81. The molecule has 1 aromatic heterocycles. The average Bonchev–Trinajstić information content (AvgIpc) is 3.09. The van der Waals surface area contributed by atoms with Crippen molar-refractivity contribution in [2.75, 3.05) is 0 Å². The Kier molecular flexibility index (Phi) is 6.50. The summed E-state index contributed by atoms with van der Waals surface area (Å²) in [6, 6.07) is 8.10. The maximum absolute atomic E-state index is 12.3. The van der Waals surface area contributed by atoms with E-state index in [0.29, 0.717) is 6.54 Å². The van der Waals surface area contributed by atoms with Crippen LogP contribution in [0.15, 0.2) is 55.3 Å². The number of aromatic nitrogens is 3. The van der Waals surface area contributed by atoms with Gasteiger partial charge in [-0.2, -0.15) is 0 Å². The Labute approximate surface area is 161 Å². The van der Waals surface area contributed by atoms with Crippen LogP contribution in [-0.2, 0) is 11.3 Å². The van der Waals surface area contributed by atoms with Crippen LogP contribution in [0.1, 0.15) is 51.9 Å². The molecule has 0 spiro atoms. The number of fused-ring (bicyclic) bond motifs is 3. The van der Waals surface area contributed by atoms with Crippen LogP contribution in [0.5, 0.6) is 0 Å². The van der Waals surface area contributed by atoms with E-state index in [0.717, 1.165) is 33.8 Å². The van der Waals surface area contributed by atoms with Gasteiger partial charge in [0.25, 0.3) is 0 Å². The van der Waals surface area contributed by atoms with Crippen molar-refractivity contribution >= 4 is 11.5 Å². The molecule has 3 rings (SSSR count). The number of carbonyl (C=O) groups excluding carboxylic acids is 1. The van der Waals surface area contributed by atoms with Gasteiger partial charge < -0.3 is 4.90 Å². The van der Waals surface area contributed by atoms with Gasteiger partial charge in [0.1, 0.15) is 5.69 Å². The summed E-state index contributed by atoms with van der Waals surface area (Å²) in [7, 11) is 0. The molecule has 0 bridgehead atoms. The zero-order chi connectivity index (χ0) is 20.1.